The lowest BCUT2D eigenvalue weighted by molar-refractivity contribution is -0.128. The summed E-state index contributed by atoms with van der Waals surface area (Å²) in [4.78, 5) is 14.4. The molecule has 3 heteroatoms. The second-order valence-corrected chi connectivity index (χ2v) is 6.80. The van der Waals surface area contributed by atoms with Gasteiger partial charge >= 0.3 is 0 Å². The highest BCUT2D eigenvalue weighted by atomic mass is 16.2. The van der Waals surface area contributed by atoms with Gasteiger partial charge in [-0.1, -0.05) is 45.0 Å². The predicted octanol–water partition coefficient (Wildman–Crippen LogP) is 2.60. The lowest BCUT2D eigenvalue weighted by atomic mass is 9.95. The van der Waals surface area contributed by atoms with Crippen molar-refractivity contribution < 1.29 is 4.79 Å². The molecular weight excluding hydrogens is 248 g/mol. The zero-order chi connectivity index (χ0) is 14.8. The summed E-state index contributed by atoms with van der Waals surface area (Å²) in [6.07, 6.45) is 1.10. The second kappa shape index (κ2) is 5.96. The van der Waals surface area contributed by atoms with E-state index in [1.54, 1.807) is 0 Å². The van der Waals surface area contributed by atoms with Crippen molar-refractivity contribution in [1.29, 1.82) is 0 Å². The van der Waals surface area contributed by atoms with Gasteiger partial charge in [-0.2, -0.15) is 0 Å². The molecule has 1 aromatic rings. The summed E-state index contributed by atoms with van der Waals surface area (Å²) in [6.45, 7) is 10.8. The van der Waals surface area contributed by atoms with Crippen LogP contribution in [0.2, 0.25) is 0 Å². The van der Waals surface area contributed by atoms with Gasteiger partial charge in [0, 0.05) is 31.1 Å². The first kappa shape index (κ1) is 15.0. The summed E-state index contributed by atoms with van der Waals surface area (Å²) in [7, 11) is 0. The van der Waals surface area contributed by atoms with Crippen LogP contribution in [0.15, 0.2) is 24.3 Å². The second-order valence-electron chi connectivity index (χ2n) is 6.80. The molecule has 0 aliphatic carbocycles. The summed E-state index contributed by atoms with van der Waals surface area (Å²) in [6, 6.07) is 9.02. The Kier molecular flexibility index (Phi) is 4.48. The van der Waals surface area contributed by atoms with Crippen LogP contribution in [0.1, 0.15) is 38.8 Å². The molecule has 0 bridgehead atoms. The highest BCUT2D eigenvalue weighted by Gasteiger charge is 2.24. The predicted molar refractivity (Wildman–Crippen MR) is 82.5 cm³/mol. The normalized spacial score (nSPS) is 17.4. The van der Waals surface area contributed by atoms with Gasteiger partial charge < -0.3 is 5.32 Å². The fourth-order valence-electron chi connectivity index (χ4n) is 2.53. The number of hydrogen-bond donors (Lipinski definition) is 1. The van der Waals surface area contributed by atoms with Crippen LogP contribution < -0.4 is 5.32 Å². The topological polar surface area (TPSA) is 32.3 Å². The average Bonchev–Trinajstić information content (AvgIpc) is 2.42. The molecule has 1 aromatic carbocycles. The van der Waals surface area contributed by atoms with Gasteiger partial charge in [0.1, 0.15) is 0 Å². The lowest BCUT2D eigenvalue weighted by Crippen LogP contribution is -2.46. The fraction of sp³-hybridized carbons (Fsp3) is 0.588. The van der Waals surface area contributed by atoms with E-state index in [1.165, 1.54) is 11.1 Å². The highest BCUT2D eigenvalue weighted by molar-refractivity contribution is 5.81. The number of benzene rings is 1. The minimum Gasteiger partial charge on any atom is -0.354 e. The minimum atomic E-state index is -0.311. The van der Waals surface area contributed by atoms with Crippen molar-refractivity contribution in [3.63, 3.8) is 0 Å². The molecule has 2 rings (SSSR count). The Hall–Kier alpha value is -1.35. The molecule has 0 aromatic heterocycles. The molecule has 1 aliphatic heterocycles. The Morgan fingerprint density at radius 3 is 2.60 bits per heavy atom. The number of hydrogen-bond acceptors (Lipinski definition) is 2. The van der Waals surface area contributed by atoms with Gasteiger partial charge in [-0.25, -0.2) is 0 Å². The standard InChI is InChI=1S/C17H26N2O/c1-13(11-18-16(20)17(2,3)4)19-10-9-14-7-5-6-8-15(14)12-19/h5-8,13H,9-12H2,1-4H3,(H,18,20). The molecule has 20 heavy (non-hydrogen) atoms. The van der Waals surface area contributed by atoms with Gasteiger partial charge in [0.05, 0.1) is 0 Å². The monoisotopic (exact) mass is 274 g/mol. The summed E-state index contributed by atoms with van der Waals surface area (Å²) < 4.78 is 0. The quantitative estimate of drug-likeness (QED) is 0.919. The Morgan fingerprint density at radius 2 is 1.95 bits per heavy atom. The third-order valence-corrected chi connectivity index (χ3v) is 4.02. The van der Waals surface area contributed by atoms with E-state index < -0.39 is 0 Å². The van der Waals surface area contributed by atoms with Crippen LogP contribution in [0.25, 0.3) is 0 Å². The van der Waals surface area contributed by atoms with Gasteiger partial charge in [-0.15, -0.1) is 0 Å². The van der Waals surface area contributed by atoms with Crippen LogP contribution in [0.4, 0.5) is 0 Å². The van der Waals surface area contributed by atoms with Crippen LogP contribution in [0, 0.1) is 5.41 Å². The van der Waals surface area contributed by atoms with Crippen molar-refractivity contribution in [2.24, 2.45) is 5.41 Å². The molecule has 1 unspecified atom stereocenters. The molecule has 110 valence electrons. The van der Waals surface area contributed by atoms with Crippen molar-refractivity contribution in [3.05, 3.63) is 35.4 Å². The first-order chi connectivity index (χ1) is 9.38. The molecule has 1 heterocycles. The smallest absolute Gasteiger partial charge is 0.225 e. The number of carbonyl (C=O) groups is 1. The lowest BCUT2D eigenvalue weighted by Gasteiger charge is -2.34. The largest absolute Gasteiger partial charge is 0.354 e. The molecule has 0 saturated carbocycles. The Bertz CT molecular complexity index is 476. The minimum absolute atomic E-state index is 0.127. The van der Waals surface area contributed by atoms with Crippen molar-refractivity contribution in [3.8, 4) is 0 Å². The van der Waals surface area contributed by atoms with Crippen LogP contribution in [-0.4, -0.2) is 29.9 Å². The van der Waals surface area contributed by atoms with E-state index in [1.807, 2.05) is 20.8 Å². The van der Waals surface area contributed by atoms with Crippen molar-refractivity contribution >= 4 is 5.91 Å². The maximum Gasteiger partial charge on any atom is 0.225 e. The number of amides is 1. The van der Waals surface area contributed by atoms with E-state index >= 15 is 0 Å². The highest BCUT2D eigenvalue weighted by Crippen LogP contribution is 2.20. The van der Waals surface area contributed by atoms with Crippen LogP contribution in [0.5, 0.6) is 0 Å². The summed E-state index contributed by atoms with van der Waals surface area (Å²) in [5, 5.41) is 3.06. The summed E-state index contributed by atoms with van der Waals surface area (Å²) in [5.41, 5.74) is 2.58. The van der Waals surface area contributed by atoms with Gasteiger partial charge in [-0.3, -0.25) is 9.69 Å². The zero-order valence-electron chi connectivity index (χ0n) is 13.1. The third-order valence-electron chi connectivity index (χ3n) is 4.02. The zero-order valence-corrected chi connectivity index (χ0v) is 13.1. The first-order valence-electron chi connectivity index (χ1n) is 7.47. The summed E-state index contributed by atoms with van der Waals surface area (Å²) in [5.74, 6) is 0.127. The van der Waals surface area contributed by atoms with Gasteiger partial charge in [0.15, 0.2) is 0 Å². The molecule has 1 atom stereocenters. The van der Waals surface area contributed by atoms with E-state index in [4.69, 9.17) is 0 Å². The van der Waals surface area contributed by atoms with Gasteiger partial charge in [0.2, 0.25) is 5.91 Å². The maximum atomic E-state index is 11.9. The number of fused-ring (bicyclic) bond motifs is 1. The molecule has 0 spiro atoms. The van der Waals surface area contributed by atoms with Crippen LogP contribution in [0.3, 0.4) is 0 Å². The van der Waals surface area contributed by atoms with Crippen molar-refractivity contribution in [1.82, 2.24) is 10.2 Å². The van der Waals surface area contributed by atoms with Crippen molar-refractivity contribution in [2.75, 3.05) is 13.1 Å². The van der Waals surface area contributed by atoms with Gasteiger partial charge in [-0.05, 0) is 24.5 Å². The van der Waals surface area contributed by atoms with Gasteiger partial charge in [0.25, 0.3) is 0 Å². The molecule has 1 amide bonds. The number of nitrogens with one attached hydrogen (secondary N) is 1. The van der Waals surface area contributed by atoms with E-state index in [9.17, 15) is 4.79 Å². The first-order valence-corrected chi connectivity index (χ1v) is 7.47. The van der Waals surface area contributed by atoms with E-state index in [-0.39, 0.29) is 11.3 Å². The number of carbonyl (C=O) groups excluding carboxylic acids is 1. The van der Waals surface area contributed by atoms with Crippen molar-refractivity contribution in [2.45, 2.75) is 46.7 Å². The van der Waals surface area contributed by atoms with Crippen LogP contribution >= 0.6 is 0 Å². The fourth-order valence-corrected chi connectivity index (χ4v) is 2.53. The number of nitrogens with zero attached hydrogens (tertiary/aromatic N) is 1. The Morgan fingerprint density at radius 1 is 1.30 bits per heavy atom. The third kappa shape index (κ3) is 3.60. The molecule has 0 radical (unpaired) electrons. The molecule has 0 fully saturated rings. The molecule has 0 saturated heterocycles. The van der Waals surface area contributed by atoms with Crippen LogP contribution in [-0.2, 0) is 17.8 Å². The molecule has 1 aliphatic rings. The van der Waals surface area contributed by atoms with E-state index in [2.05, 4.69) is 41.4 Å². The number of rotatable bonds is 3. The Balaban J connectivity index is 1.89. The van der Waals surface area contributed by atoms with E-state index in [0.717, 1.165) is 26.1 Å². The SMILES string of the molecule is CC(CNC(=O)C(C)(C)C)N1CCc2ccccc2C1. The van der Waals surface area contributed by atoms with E-state index in [0.29, 0.717) is 6.04 Å². The maximum absolute atomic E-state index is 11.9. The summed E-state index contributed by atoms with van der Waals surface area (Å²) >= 11 is 0. The average molecular weight is 274 g/mol. The molecular formula is C17H26N2O. The molecule has 1 N–H and O–H groups in total. The Labute approximate surface area is 122 Å². The molecule has 3 nitrogen and oxygen atoms in total.